The summed E-state index contributed by atoms with van der Waals surface area (Å²) >= 11 is 0. The zero-order valence-electron chi connectivity index (χ0n) is 8.53. The van der Waals surface area contributed by atoms with E-state index in [0.717, 1.165) is 5.57 Å². The maximum atomic E-state index is 11.5. The van der Waals surface area contributed by atoms with Crippen LogP contribution in [-0.4, -0.2) is 25.0 Å². The van der Waals surface area contributed by atoms with Gasteiger partial charge < -0.3 is 0 Å². The monoisotopic (exact) mass is 213 g/mol. The number of hydrogen-bond acceptors (Lipinski definition) is 2. The lowest BCUT2D eigenvalue weighted by Gasteiger charge is -2.23. The van der Waals surface area contributed by atoms with Crippen molar-refractivity contribution in [1.82, 2.24) is 4.31 Å². The normalized spacial score (nSPS) is 22.7. The van der Waals surface area contributed by atoms with Gasteiger partial charge in [0.25, 0.3) is 0 Å². The lowest BCUT2D eigenvalue weighted by atomic mass is 10.1. The highest BCUT2D eigenvalue weighted by Gasteiger charge is 2.31. The van der Waals surface area contributed by atoms with Crippen molar-refractivity contribution in [2.45, 2.75) is 19.4 Å². The summed E-state index contributed by atoms with van der Waals surface area (Å²) in [6.07, 6.45) is 5.18. The number of sulfonamides is 1. The lowest BCUT2D eigenvalue weighted by molar-refractivity contribution is 0.437. The Labute approximate surface area is 85.5 Å². The molecule has 1 unspecified atom stereocenters. The van der Waals surface area contributed by atoms with E-state index in [1.54, 1.807) is 12.2 Å². The summed E-state index contributed by atoms with van der Waals surface area (Å²) in [6, 6.07) is -0.0361. The van der Waals surface area contributed by atoms with Gasteiger partial charge in [0.05, 0.1) is 12.0 Å². The summed E-state index contributed by atoms with van der Waals surface area (Å²) in [7, 11) is -3.20. The topological polar surface area (TPSA) is 37.4 Å². The van der Waals surface area contributed by atoms with Crippen molar-refractivity contribution in [2.75, 3.05) is 6.26 Å². The van der Waals surface area contributed by atoms with Crippen molar-refractivity contribution in [2.24, 2.45) is 0 Å². The predicted octanol–water partition coefficient (Wildman–Crippen LogP) is 1.67. The standard InChI is InChI=1S/C10H15NO2S/c1-5-9-7-8(3)11(10(9)6-2)14(4,12)13/h5-6,8H,1-2,7H2,3-4H3. The van der Waals surface area contributed by atoms with E-state index in [0.29, 0.717) is 12.1 Å². The third-order valence-corrected chi connectivity index (χ3v) is 3.55. The molecule has 0 aliphatic carbocycles. The van der Waals surface area contributed by atoms with Gasteiger partial charge >= 0.3 is 0 Å². The highest BCUT2D eigenvalue weighted by Crippen LogP contribution is 2.31. The largest absolute Gasteiger partial charge is 0.267 e. The molecule has 1 aliphatic heterocycles. The van der Waals surface area contributed by atoms with Crippen LogP contribution in [0, 0.1) is 0 Å². The predicted molar refractivity (Wildman–Crippen MR) is 58.2 cm³/mol. The van der Waals surface area contributed by atoms with Crippen LogP contribution >= 0.6 is 0 Å². The summed E-state index contributed by atoms with van der Waals surface area (Å²) in [5.41, 5.74) is 1.60. The Hall–Kier alpha value is -1.03. The van der Waals surface area contributed by atoms with Crippen molar-refractivity contribution in [1.29, 1.82) is 0 Å². The van der Waals surface area contributed by atoms with Gasteiger partial charge in [0.15, 0.2) is 0 Å². The molecule has 0 aromatic rings. The van der Waals surface area contributed by atoms with E-state index in [1.165, 1.54) is 10.6 Å². The van der Waals surface area contributed by atoms with Crippen molar-refractivity contribution in [3.63, 3.8) is 0 Å². The first-order valence-electron chi connectivity index (χ1n) is 4.39. The second-order valence-corrected chi connectivity index (χ2v) is 5.29. The van der Waals surface area contributed by atoms with Crippen molar-refractivity contribution in [3.05, 3.63) is 36.6 Å². The molecule has 0 aromatic carbocycles. The molecule has 0 aromatic heterocycles. The van der Waals surface area contributed by atoms with E-state index in [1.807, 2.05) is 6.92 Å². The van der Waals surface area contributed by atoms with E-state index in [-0.39, 0.29) is 6.04 Å². The molecule has 1 heterocycles. The van der Waals surface area contributed by atoms with E-state index in [4.69, 9.17) is 0 Å². The fourth-order valence-electron chi connectivity index (χ4n) is 1.80. The molecule has 0 radical (unpaired) electrons. The smallest absolute Gasteiger partial charge is 0.232 e. The molecule has 0 spiro atoms. The average molecular weight is 213 g/mol. The lowest BCUT2D eigenvalue weighted by Crippen LogP contribution is -2.32. The van der Waals surface area contributed by atoms with Crippen molar-refractivity contribution in [3.8, 4) is 0 Å². The zero-order valence-corrected chi connectivity index (χ0v) is 9.34. The van der Waals surface area contributed by atoms with Crippen LogP contribution in [0.4, 0.5) is 0 Å². The summed E-state index contributed by atoms with van der Waals surface area (Å²) in [5, 5.41) is 0. The average Bonchev–Trinajstić information content (AvgIpc) is 2.40. The Bertz CT molecular complexity index is 392. The molecule has 0 amide bonds. The minimum absolute atomic E-state index is 0.0361. The molecule has 0 bridgehead atoms. The molecule has 14 heavy (non-hydrogen) atoms. The Morgan fingerprint density at radius 3 is 2.36 bits per heavy atom. The van der Waals surface area contributed by atoms with Gasteiger partial charge in [-0.2, -0.15) is 0 Å². The zero-order chi connectivity index (χ0) is 10.9. The fourth-order valence-corrected chi connectivity index (χ4v) is 3.08. The minimum atomic E-state index is -3.20. The number of allylic oxidation sites excluding steroid dienone is 2. The van der Waals surface area contributed by atoms with Crippen molar-refractivity contribution < 1.29 is 8.42 Å². The van der Waals surface area contributed by atoms with Gasteiger partial charge in [-0.05, 0) is 25.0 Å². The van der Waals surface area contributed by atoms with Gasteiger partial charge in [0, 0.05) is 6.04 Å². The second kappa shape index (κ2) is 3.61. The van der Waals surface area contributed by atoms with E-state index in [2.05, 4.69) is 13.2 Å². The number of hydrogen-bond donors (Lipinski definition) is 0. The maximum Gasteiger partial charge on any atom is 0.232 e. The van der Waals surface area contributed by atoms with Gasteiger partial charge in [-0.1, -0.05) is 19.2 Å². The molecule has 1 aliphatic rings. The van der Waals surface area contributed by atoms with Gasteiger partial charge in [-0.3, -0.25) is 4.31 Å². The molecule has 1 atom stereocenters. The number of nitrogens with zero attached hydrogens (tertiary/aromatic N) is 1. The van der Waals surface area contributed by atoms with Crippen LogP contribution in [0.5, 0.6) is 0 Å². The number of rotatable bonds is 3. The van der Waals surface area contributed by atoms with Crippen LogP contribution in [0.2, 0.25) is 0 Å². The first-order valence-corrected chi connectivity index (χ1v) is 6.24. The molecule has 0 saturated carbocycles. The SMILES string of the molecule is C=CC1=C(C=C)N(S(C)(=O)=O)C(C)C1. The van der Waals surface area contributed by atoms with Crippen LogP contribution in [0.3, 0.4) is 0 Å². The minimum Gasteiger partial charge on any atom is -0.267 e. The van der Waals surface area contributed by atoms with E-state index < -0.39 is 10.0 Å². The highest BCUT2D eigenvalue weighted by atomic mass is 32.2. The molecule has 78 valence electrons. The van der Waals surface area contributed by atoms with Crippen LogP contribution < -0.4 is 0 Å². The molecule has 1 rings (SSSR count). The quantitative estimate of drug-likeness (QED) is 0.715. The van der Waals surface area contributed by atoms with Crippen LogP contribution in [0.15, 0.2) is 36.6 Å². The fraction of sp³-hybridized carbons (Fsp3) is 0.400. The van der Waals surface area contributed by atoms with Gasteiger partial charge in [0.2, 0.25) is 10.0 Å². The maximum absolute atomic E-state index is 11.5. The summed E-state index contributed by atoms with van der Waals surface area (Å²) in [5.74, 6) is 0. The Morgan fingerprint density at radius 2 is 2.00 bits per heavy atom. The Kier molecular flexibility index (Phi) is 2.85. The molecule has 4 heteroatoms. The third kappa shape index (κ3) is 1.75. The van der Waals surface area contributed by atoms with Gasteiger partial charge in [-0.25, -0.2) is 8.42 Å². The van der Waals surface area contributed by atoms with Crippen molar-refractivity contribution >= 4 is 10.0 Å². The molecule has 0 fully saturated rings. The first kappa shape index (κ1) is 11.0. The Morgan fingerprint density at radius 1 is 1.43 bits per heavy atom. The second-order valence-electron chi connectivity index (χ2n) is 3.43. The van der Waals surface area contributed by atoms with E-state index in [9.17, 15) is 8.42 Å². The first-order chi connectivity index (χ1) is 6.41. The molecular weight excluding hydrogens is 198 g/mol. The molecule has 0 N–H and O–H groups in total. The summed E-state index contributed by atoms with van der Waals surface area (Å²) in [6.45, 7) is 9.17. The van der Waals surface area contributed by atoms with Crippen LogP contribution in [0.1, 0.15) is 13.3 Å². The van der Waals surface area contributed by atoms with Gasteiger partial charge in [-0.15, -0.1) is 0 Å². The molecule has 0 saturated heterocycles. The third-order valence-electron chi connectivity index (χ3n) is 2.28. The van der Waals surface area contributed by atoms with Crippen LogP contribution in [0.25, 0.3) is 0 Å². The highest BCUT2D eigenvalue weighted by molar-refractivity contribution is 7.88. The van der Waals surface area contributed by atoms with Gasteiger partial charge in [0.1, 0.15) is 0 Å². The molecule has 3 nitrogen and oxygen atoms in total. The Balaban J connectivity index is 3.25. The molecular formula is C10H15NO2S. The summed E-state index contributed by atoms with van der Waals surface area (Å²) < 4.78 is 24.4. The van der Waals surface area contributed by atoms with E-state index >= 15 is 0 Å². The van der Waals surface area contributed by atoms with Crippen LogP contribution in [-0.2, 0) is 10.0 Å². The summed E-state index contributed by atoms with van der Waals surface area (Å²) in [4.78, 5) is 0.